The standard InChI is InChI=1S/C11H20N2O3/c1-3-8(4-2)12-10(16)13-11(9(14)15)6-5-7-11/h8H,3-7H2,1-2H3,(H,14,15)(H2,12,13,16). The second-order valence-corrected chi connectivity index (χ2v) is 4.35. The van der Waals surface area contributed by atoms with E-state index in [0.717, 1.165) is 19.3 Å². The minimum Gasteiger partial charge on any atom is -0.480 e. The minimum absolute atomic E-state index is 0.117. The van der Waals surface area contributed by atoms with E-state index in [1.165, 1.54) is 0 Å². The Morgan fingerprint density at radius 3 is 2.19 bits per heavy atom. The largest absolute Gasteiger partial charge is 0.480 e. The fourth-order valence-corrected chi connectivity index (χ4v) is 1.85. The van der Waals surface area contributed by atoms with Gasteiger partial charge in [-0.2, -0.15) is 0 Å². The van der Waals surface area contributed by atoms with Crippen molar-refractivity contribution in [3.8, 4) is 0 Å². The first-order valence-electron chi connectivity index (χ1n) is 5.86. The number of urea groups is 1. The van der Waals surface area contributed by atoms with Crippen molar-refractivity contribution in [3.63, 3.8) is 0 Å². The maximum absolute atomic E-state index is 11.6. The summed E-state index contributed by atoms with van der Waals surface area (Å²) in [4.78, 5) is 22.6. The van der Waals surface area contributed by atoms with Gasteiger partial charge in [-0.15, -0.1) is 0 Å². The Morgan fingerprint density at radius 1 is 1.31 bits per heavy atom. The molecule has 0 heterocycles. The van der Waals surface area contributed by atoms with Crippen molar-refractivity contribution in [1.29, 1.82) is 0 Å². The molecule has 0 atom stereocenters. The summed E-state index contributed by atoms with van der Waals surface area (Å²) >= 11 is 0. The number of carbonyl (C=O) groups excluding carboxylic acids is 1. The van der Waals surface area contributed by atoms with Crippen LogP contribution in [0.3, 0.4) is 0 Å². The van der Waals surface area contributed by atoms with Crippen molar-refractivity contribution in [2.24, 2.45) is 0 Å². The number of carboxylic acid groups (broad SMARTS) is 1. The van der Waals surface area contributed by atoms with Crippen molar-refractivity contribution < 1.29 is 14.7 Å². The molecule has 0 aromatic heterocycles. The van der Waals surface area contributed by atoms with Crippen LogP contribution in [-0.2, 0) is 4.79 Å². The van der Waals surface area contributed by atoms with Gasteiger partial charge in [0, 0.05) is 6.04 Å². The Bertz CT molecular complexity index is 270. The van der Waals surface area contributed by atoms with Crippen molar-refractivity contribution >= 4 is 12.0 Å². The molecular formula is C11H20N2O3. The molecule has 0 spiro atoms. The summed E-state index contributed by atoms with van der Waals surface area (Å²) in [5.41, 5.74) is -1.02. The lowest BCUT2D eigenvalue weighted by atomic mass is 9.77. The van der Waals surface area contributed by atoms with Crippen LogP contribution in [0.15, 0.2) is 0 Å². The molecule has 0 saturated heterocycles. The lowest BCUT2D eigenvalue weighted by Gasteiger charge is -2.38. The molecule has 1 saturated carbocycles. The molecule has 16 heavy (non-hydrogen) atoms. The first kappa shape index (κ1) is 12.8. The Balaban J connectivity index is 2.47. The van der Waals surface area contributed by atoms with Gasteiger partial charge in [0.05, 0.1) is 0 Å². The zero-order chi connectivity index (χ0) is 12.2. The molecule has 0 radical (unpaired) electrons. The van der Waals surface area contributed by atoms with Crippen LogP contribution >= 0.6 is 0 Å². The summed E-state index contributed by atoms with van der Waals surface area (Å²) in [5, 5.41) is 14.4. The van der Waals surface area contributed by atoms with Gasteiger partial charge >= 0.3 is 12.0 Å². The molecule has 1 rings (SSSR count). The van der Waals surface area contributed by atoms with E-state index in [0.29, 0.717) is 12.8 Å². The highest BCUT2D eigenvalue weighted by molar-refractivity contribution is 5.87. The van der Waals surface area contributed by atoms with Gasteiger partial charge in [-0.3, -0.25) is 0 Å². The van der Waals surface area contributed by atoms with E-state index in [9.17, 15) is 9.59 Å². The molecule has 5 nitrogen and oxygen atoms in total. The van der Waals surface area contributed by atoms with Crippen molar-refractivity contribution in [1.82, 2.24) is 10.6 Å². The lowest BCUT2D eigenvalue weighted by molar-refractivity contribution is -0.148. The van der Waals surface area contributed by atoms with Crippen LogP contribution in [0.2, 0.25) is 0 Å². The monoisotopic (exact) mass is 228 g/mol. The average Bonchev–Trinajstić information content (AvgIpc) is 2.19. The van der Waals surface area contributed by atoms with E-state index >= 15 is 0 Å². The summed E-state index contributed by atoms with van der Waals surface area (Å²) in [6.45, 7) is 3.98. The maximum Gasteiger partial charge on any atom is 0.329 e. The molecule has 2 amide bonds. The van der Waals surface area contributed by atoms with Crippen molar-refractivity contribution in [2.75, 3.05) is 0 Å². The van der Waals surface area contributed by atoms with E-state index in [4.69, 9.17) is 5.11 Å². The van der Waals surface area contributed by atoms with Gasteiger partial charge in [-0.1, -0.05) is 13.8 Å². The summed E-state index contributed by atoms with van der Waals surface area (Å²) < 4.78 is 0. The molecule has 0 aliphatic heterocycles. The van der Waals surface area contributed by atoms with E-state index in [2.05, 4.69) is 10.6 Å². The third-order valence-corrected chi connectivity index (χ3v) is 3.29. The van der Waals surface area contributed by atoms with Crippen LogP contribution in [0.4, 0.5) is 4.79 Å². The fourth-order valence-electron chi connectivity index (χ4n) is 1.85. The number of carbonyl (C=O) groups is 2. The van der Waals surface area contributed by atoms with Gasteiger partial charge in [-0.25, -0.2) is 9.59 Å². The molecule has 92 valence electrons. The topological polar surface area (TPSA) is 78.4 Å². The smallest absolute Gasteiger partial charge is 0.329 e. The third-order valence-electron chi connectivity index (χ3n) is 3.29. The SMILES string of the molecule is CCC(CC)NC(=O)NC1(C(=O)O)CCC1. The number of amides is 2. The predicted octanol–water partition coefficient (Wildman–Crippen LogP) is 1.48. The highest BCUT2D eigenvalue weighted by Crippen LogP contribution is 2.31. The normalized spacial score (nSPS) is 17.7. The first-order valence-corrected chi connectivity index (χ1v) is 5.86. The van der Waals surface area contributed by atoms with Crippen LogP contribution in [0, 0.1) is 0 Å². The zero-order valence-corrected chi connectivity index (χ0v) is 9.88. The molecule has 0 aromatic rings. The Kier molecular flexibility index (Phi) is 4.15. The number of rotatable bonds is 5. The number of hydrogen-bond donors (Lipinski definition) is 3. The minimum atomic E-state index is -1.02. The Labute approximate surface area is 95.6 Å². The molecule has 5 heteroatoms. The van der Waals surface area contributed by atoms with E-state index in [1.807, 2.05) is 13.8 Å². The molecule has 0 aromatic carbocycles. The quantitative estimate of drug-likeness (QED) is 0.667. The number of carboxylic acids is 1. The van der Waals surface area contributed by atoms with Crippen molar-refractivity contribution in [3.05, 3.63) is 0 Å². The molecule has 0 bridgehead atoms. The first-order chi connectivity index (χ1) is 7.54. The summed E-state index contributed by atoms with van der Waals surface area (Å²) in [5.74, 6) is -0.932. The third kappa shape index (κ3) is 2.65. The van der Waals surface area contributed by atoms with Gasteiger partial charge in [0.15, 0.2) is 0 Å². The fraction of sp³-hybridized carbons (Fsp3) is 0.818. The molecule has 0 unspecified atom stereocenters. The van der Waals surface area contributed by atoms with Gasteiger partial charge in [0.25, 0.3) is 0 Å². The molecule has 1 fully saturated rings. The van der Waals surface area contributed by atoms with E-state index in [1.54, 1.807) is 0 Å². The highest BCUT2D eigenvalue weighted by Gasteiger charge is 2.45. The number of hydrogen-bond acceptors (Lipinski definition) is 2. The van der Waals surface area contributed by atoms with Gasteiger partial charge < -0.3 is 15.7 Å². The van der Waals surface area contributed by atoms with Gasteiger partial charge in [0.1, 0.15) is 5.54 Å². The summed E-state index contributed by atoms with van der Waals surface area (Å²) in [6, 6.07) is -0.248. The Morgan fingerprint density at radius 2 is 1.88 bits per heavy atom. The van der Waals surface area contributed by atoms with E-state index < -0.39 is 11.5 Å². The second kappa shape index (κ2) is 5.18. The molecule has 1 aliphatic carbocycles. The van der Waals surface area contributed by atoms with E-state index in [-0.39, 0.29) is 12.1 Å². The van der Waals surface area contributed by atoms with Gasteiger partial charge in [-0.05, 0) is 32.1 Å². The number of nitrogens with one attached hydrogen (secondary N) is 2. The summed E-state index contributed by atoms with van der Waals surface area (Å²) in [6.07, 6.45) is 3.61. The van der Waals surface area contributed by atoms with Crippen molar-refractivity contribution in [2.45, 2.75) is 57.5 Å². The number of aliphatic carboxylic acids is 1. The predicted molar refractivity (Wildman–Crippen MR) is 60.3 cm³/mol. The molecule has 3 N–H and O–H groups in total. The zero-order valence-electron chi connectivity index (χ0n) is 9.88. The second-order valence-electron chi connectivity index (χ2n) is 4.35. The lowest BCUT2D eigenvalue weighted by Crippen LogP contribution is -2.61. The van der Waals surface area contributed by atoms with Crippen LogP contribution < -0.4 is 10.6 Å². The Hall–Kier alpha value is -1.26. The van der Waals surface area contributed by atoms with Gasteiger partial charge in [0.2, 0.25) is 0 Å². The molecular weight excluding hydrogens is 208 g/mol. The van der Waals surface area contributed by atoms with Crippen LogP contribution in [0.1, 0.15) is 46.0 Å². The maximum atomic E-state index is 11.6. The average molecular weight is 228 g/mol. The highest BCUT2D eigenvalue weighted by atomic mass is 16.4. The van der Waals surface area contributed by atoms with Crippen LogP contribution in [0.5, 0.6) is 0 Å². The summed E-state index contributed by atoms with van der Waals surface area (Å²) in [7, 11) is 0. The molecule has 1 aliphatic rings. The van der Waals surface area contributed by atoms with Crippen LogP contribution in [-0.4, -0.2) is 28.7 Å². The van der Waals surface area contributed by atoms with Crippen LogP contribution in [0.25, 0.3) is 0 Å².